The lowest BCUT2D eigenvalue weighted by molar-refractivity contribution is -0.384. The molecule has 1 aromatic rings. The zero-order chi connectivity index (χ0) is 15.8. The van der Waals surface area contributed by atoms with Crippen LogP contribution in [0.3, 0.4) is 0 Å². The van der Waals surface area contributed by atoms with Gasteiger partial charge in [0.2, 0.25) is 5.91 Å². The molecule has 0 bridgehead atoms. The van der Waals surface area contributed by atoms with Crippen molar-refractivity contribution in [2.45, 2.75) is 6.42 Å². The summed E-state index contributed by atoms with van der Waals surface area (Å²) in [5.74, 6) is -1.95. The molecule has 114 valence electrons. The molecule has 1 aliphatic heterocycles. The molecule has 1 saturated heterocycles. The van der Waals surface area contributed by atoms with E-state index >= 15 is 0 Å². The van der Waals surface area contributed by atoms with Crippen LogP contribution in [-0.2, 0) is 15.0 Å². The Bertz CT molecular complexity index is 709. The first-order valence-corrected chi connectivity index (χ1v) is 8.18. The highest BCUT2D eigenvalue weighted by molar-refractivity contribution is 9.10. The quantitative estimate of drug-likeness (QED) is 0.452. The smallest absolute Gasteiger partial charge is 0.302 e. The molecule has 1 atom stereocenters. The topological polar surface area (TPSA) is 97.6 Å². The van der Waals surface area contributed by atoms with E-state index in [9.17, 15) is 27.2 Å². The number of amides is 1. The summed E-state index contributed by atoms with van der Waals surface area (Å²) in [6.07, 6.45) is -0.160. The second-order valence-corrected chi connectivity index (χ2v) is 7.00. The van der Waals surface area contributed by atoms with Crippen molar-refractivity contribution >= 4 is 43.4 Å². The fourth-order valence-corrected chi connectivity index (χ4v) is 3.41. The number of anilines is 1. The summed E-state index contributed by atoms with van der Waals surface area (Å²) in [5, 5.41) is 11.0. The van der Waals surface area contributed by atoms with E-state index < -0.39 is 32.7 Å². The predicted octanol–water partition coefficient (Wildman–Crippen LogP) is 2.01. The fourth-order valence-electron chi connectivity index (χ4n) is 2.27. The Morgan fingerprint density at radius 1 is 1.48 bits per heavy atom. The molecule has 0 radical (unpaired) electrons. The Morgan fingerprint density at radius 2 is 2.14 bits per heavy atom. The number of halogens is 2. The second-order valence-electron chi connectivity index (χ2n) is 4.67. The van der Waals surface area contributed by atoms with Gasteiger partial charge in [0.05, 0.1) is 10.7 Å². The molecular formula is C11H10BrFN2O5S. The number of nitrogens with zero attached hydrogens (tertiary/aromatic N) is 2. The largest absolute Gasteiger partial charge is 0.306 e. The van der Waals surface area contributed by atoms with Gasteiger partial charge in [0, 0.05) is 29.4 Å². The van der Waals surface area contributed by atoms with Crippen LogP contribution in [0.15, 0.2) is 22.7 Å². The minimum Gasteiger partial charge on any atom is -0.306 e. The van der Waals surface area contributed by atoms with Crippen LogP contribution in [0, 0.1) is 16.0 Å². The van der Waals surface area contributed by atoms with E-state index in [0.717, 1.165) is 4.90 Å². The van der Waals surface area contributed by atoms with Gasteiger partial charge < -0.3 is 4.90 Å². The molecule has 1 aliphatic rings. The van der Waals surface area contributed by atoms with Crippen LogP contribution in [0.2, 0.25) is 0 Å². The van der Waals surface area contributed by atoms with Gasteiger partial charge in [0.15, 0.2) is 0 Å². The first kappa shape index (κ1) is 15.8. The van der Waals surface area contributed by atoms with Crippen molar-refractivity contribution in [2.24, 2.45) is 5.92 Å². The van der Waals surface area contributed by atoms with E-state index in [-0.39, 0.29) is 24.3 Å². The van der Waals surface area contributed by atoms with Gasteiger partial charge in [-0.25, -0.2) is 0 Å². The molecule has 10 heteroatoms. The van der Waals surface area contributed by atoms with Gasteiger partial charge in [0.1, 0.15) is 5.69 Å². The average Bonchev–Trinajstić information content (AvgIpc) is 2.66. The summed E-state index contributed by atoms with van der Waals surface area (Å²) < 4.78 is 34.5. The molecule has 2 rings (SSSR count). The van der Waals surface area contributed by atoms with Crippen LogP contribution in [0.5, 0.6) is 0 Å². The Hall–Kier alpha value is -1.55. The van der Waals surface area contributed by atoms with Gasteiger partial charge in [-0.2, -0.15) is 8.42 Å². The molecule has 1 aromatic carbocycles. The molecule has 1 heterocycles. The third-order valence-corrected chi connectivity index (χ3v) is 4.43. The van der Waals surface area contributed by atoms with Gasteiger partial charge in [-0.1, -0.05) is 15.9 Å². The third kappa shape index (κ3) is 3.76. The average molecular weight is 381 g/mol. The van der Waals surface area contributed by atoms with E-state index in [2.05, 4.69) is 15.9 Å². The van der Waals surface area contributed by atoms with Crippen molar-refractivity contribution in [3.05, 3.63) is 32.8 Å². The Kier molecular flexibility index (Phi) is 4.28. The maximum absolute atomic E-state index is 12.7. The fraction of sp³-hybridized carbons (Fsp3) is 0.364. The minimum absolute atomic E-state index is 0.0677. The maximum Gasteiger partial charge on any atom is 0.302 e. The number of hydrogen-bond donors (Lipinski definition) is 0. The number of rotatable bonds is 4. The summed E-state index contributed by atoms with van der Waals surface area (Å²) >= 11 is 3.16. The number of benzene rings is 1. The lowest BCUT2D eigenvalue weighted by Gasteiger charge is -2.16. The van der Waals surface area contributed by atoms with Crippen LogP contribution in [-0.4, -0.2) is 31.5 Å². The summed E-state index contributed by atoms with van der Waals surface area (Å²) in [5.41, 5.74) is -0.201. The van der Waals surface area contributed by atoms with Crippen molar-refractivity contribution < 1.29 is 22.0 Å². The molecule has 1 fully saturated rings. The Labute approximate surface area is 128 Å². The van der Waals surface area contributed by atoms with E-state index in [4.69, 9.17) is 0 Å². The first-order chi connectivity index (χ1) is 9.67. The van der Waals surface area contributed by atoms with Crippen molar-refractivity contribution in [2.75, 3.05) is 17.2 Å². The molecule has 7 nitrogen and oxygen atoms in total. The number of nitro groups is 1. The van der Waals surface area contributed by atoms with E-state index in [0.29, 0.717) is 4.47 Å². The molecular weight excluding hydrogens is 371 g/mol. The summed E-state index contributed by atoms with van der Waals surface area (Å²) in [7, 11) is -4.69. The Balaban J connectivity index is 2.33. The first-order valence-electron chi connectivity index (χ1n) is 5.84. The van der Waals surface area contributed by atoms with Crippen LogP contribution in [0.4, 0.5) is 15.3 Å². The van der Waals surface area contributed by atoms with Crippen molar-refractivity contribution in [3.8, 4) is 0 Å². The molecule has 0 spiro atoms. The van der Waals surface area contributed by atoms with E-state index in [1.54, 1.807) is 0 Å². The normalized spacial score (nSPS) is 19.0. The minimum atomic E-state index is -4.69. The molecule has 0 aliphatic carbocycles. The maximum atomic E-state index is 12.7. The number of carbonyl (C=O) groups is 1. The number of hydrogen-bond acceptors (Lipinski definition) is 5. The van der Waals surface area contributed by atoms with Crippen molar-refractivity contribution in [1.82, 2.24) is 0 Å². The summed E-state index contributed by atoms with van der Waals surface area (Å²) in [6.45, 7) is -0.0702. The molecule has 0 aromatic heterocycles. The summed E-state index contributed by atoms with van der Waals surface area (Å²) in [4.78, 5) is 23.4. The monoisotopic (exact) mass is 380 g/mol. The predicted molar refractivity (Wildman–Crippen MR) is 76.2 cm³/mol. The van der Waals surface area contributed by atoms with E-state index in [1.807, 2.05) is 0 Å². The van der Waals surface area contributed by atoms with Crippen LogP contribution >= 0.6 is 15.9 Å². The standard InChI is InChI=1S/C11H10BrFN2O5S/c12-8-1-2-9(15(17)18)10(4-8)14-5-7(3-11(14)16)6-21(13,19)20/h1-2,4,7H,3,5-6H2. The lowest BCUT2D eigenvalue weighted by Crippen LogP contribution is -2.26. The number of carbonyl (C=O) groups excluding carboxylic acids is 1. The molecule has 0 saturated carbocycles. The molecule has 0 N–H and O–H groups in total. The third-order valence-electron chi connectivity index (χ3n) is 3.06. The van der Waals surface area contributed by atoms with Crippen LogP contribution in [0.25, 0.3) is 0 Å². The second kappa shape index (κ2) is 5.68. The van der Waals surface area contributed by atoms with Crippen LogP contribution in [0.1, 0.15) is 6.42 Å². The number of nitro benzene ring substituents is 1. The zero-order valence-electron chi connectivity index (χ0n) is 10.5. The molecule has 1 amide bonds. The van der Waals surface area contributed by atoms with Gasteiger partial charge in [-0.15, -0.1) is 3.89 Å². The summed E-state index contributed by atoms with van der Waals surface area (Å²) in [6, 6.07) is 4.11. The molecule has 1 unspecified atom stereocenters. The highest BCUT2D eigenvalue weighted by Crippen LogP contribution is 2.35. The van der Waals surface area contributed by atoms with Gasteiger partial charge in [-0.3, -0.25) is 14.9 Å². The lowest BCUT2D eigenvalue weighted by atomic mass is 10.1. The SMILES string of the molecule is O=C1CC(CS(=O)(=O)F)CN1c1cc(Br)ccc1[N+](=O)[O-]. The van der Waals surface area contributed by atoms with Gasteiger partial charge in [-0.05, 0) is 12.1 Å². The van der Waals surface area contributed by atoms with Crippen molar-refractivity contribution in [1.29, 1.82) is 0 Å². The van der Waals surface area contributed by atoms with Gasteiger partial charge in [0.25, 0.3) is 5.69 Å². The highest BCUT2D eigenvalue weighted by Gasteiger charge is 2.36. The molecule has 21 heavy (non-hydrogen) atoms. The van der Waals surface area contributed by atoms with Crippen LogP contribution < -0.4 is 4.90 Å². The van der Waals surface area contributed by atoms with Gasteiger partial charge >= 0.3 is 10.2 Å². The van der Waals surface area contributed by atoms with Crippen molar-refractivity contribution in [3.63, 3.8) is 0 Å². The van der Waals surface area contributed by atoms with E-state index in [1.165, 1.54) is 18.2 Å². The highest BCUT2D eigenvalue weighted by atomic mass is 79.9. The Morgan fingerprint density at radius 3 is 2.71 bits per heavy atom. The zero-order valence-corrected chi connectivity index (χ0v) is 12.9.